The first-order valence-electron chi connectivity index (χ1n) is 11.1. The molecule has 1 saturated heterocycles. The lowest BCUT2D eigenvalue weighted by atomic mass is 9.96. The summed E-state index contributed by atoms with van der Waals surface area (Å²) in [6.45, 7) is 5.94. The summed E-state index contributed by atoms with van der Waals surface area (Å²) in [7, 11) is 2.00. The van der Waals surface area contributed by atoms with Gasteiger partial charge in [0.2, 0.25) is 0 Å². The summed E-state index contributed by atoms with van der Waals surface area (Å²) in [5, 5.41) is 6.30. The van der Waals surface area contributed by atoms with E-state index in [1.165, 1.54) is 58.0 Å². The highest BCUT2D eigenvalue weighted by Crippen LogP contribution is 2.52. The smallest absolute Gasteiger partial charge is 0.251 e. The van der Waals surface area contributed by atoms with Gasteiger partial charge >= 0.3 is 0 Å². The standard InChI is InChI=1S/C23H37N3O2/c1-24-14-5-10-23(11-12-23)13-15-25-22(27)20-6-8-21(9-7-20)28-19-18-26-16-3-2-4-17-26/h6-9,24H,2-5,10-19H2,1H3,(H,25,27). The molecule has 2 fully saturated rings. The van der Waals surface area contributed by atoms with Crippen LogP contribution in [-0.2, 0) is 0 Å². The summed E-state index contributed by atoms with van der Waals surface area (Å²) in [5.74, 6) is 0.862. The molecule has 0 atom stereocenters. The molecule has 0 unspecified atom stereocenters. The van der Waals surface area contributed by atoms with E-state index in [1.807, 2.05) is 31.3 Å². The number of amides is 1. The molecule has 0 spiro atoms. The minimum atomic E-state index is 0.0193. The van der Waals surface area contributed by atoms with Gasteiger partial charge in [-0.05, 0) is 101 Å². The zero-order valence-corrected chi connectivity index (χ0v) is 17.5. The van der Waals surface area contributed by atoms with Crippen LogP contribution in [0.3, 0.4) is 0 Å². The topological polar surface area (TPSA) is 53.6 Å². The van der Waals surface area contributed by atoms with Gasteiger partial charge in [0, 0.05) is 18.7 Å². The highest BCUT2D eigenvalue weighted by Gasteiger charge is 2.40. The molecule has 2 N–H and O–H groups in total. The highest BCUT2D eigenvalue weighted by molar-refractivity contribution is 5.94. The summed E-state index contributed by atoms with van der Waals surface area (Å²) in [6.07, 6.45) is 10.2. The van der Waals surface area contributed by atoms with E-state index in [0.717, 1.165) is 31.8 Å². The number of hydrogen-bond acceptors (Lipinski definition) is 4. The van der Waals surface area contributed by atoms with E-state index in [4.69, 9.17) is 4.74 Å². The fourth-order valence-electron chi connectivity index (χ4n) is 4.16. The predicted octanol–water partition coefficient (Wildman–Crippen LogP) is 3.45. The molecule has 1 amide bonds. The first-order chi connectivity index (χ1) is 13.7. The Bertz CT molecular complexity index is 592. The Morgan fingerprint density at radius 2 is 1.82 bits per heavy atom. The van der Waals surface area contributed by atoms with Crippen molar-refractivity contribution in [3.05, 3.63) is 29.8 Å². The van der Waals surface area contributed by atoms with Crippen LogP contribution in [-0.4, -0.2) is 57.2 Å². The Morgan fingerprint density at radius 1 is 1.07 bits per heavy atom. The van der Waals surface area contributed by atoms with Gasteiger partial charge in [-0.3, -0.25) is 9.69 Å². The molecule has 5 heteroatoms. The molecule has 5 nitrogen and oxygen atoms in total. The molecule has 0 radical (unpaired) electrons. The predicted molar refractivity (Wildman–Crippen MR) is 114 cm³/mol. The number of rotatable bonds is 12. The normalized spacial score (nSPS) is 18.6. The second kappa shape index (κ2) is 10.8. The van der Waals surface area contributed by atoms with Crippen LogP contribution in [0.1, 0.15) is 61.7 Å². The second-order valence-electron chi connectivity index (χ2n) is 8.49. The number of carbonyl (C=O) groups is 1. The lowest BCUT2D eigenvalue weighted by molar-refractivity contribution is 0.0950. The van der Waals surface area contributed by atoms with Crippen molar-refractivity contribution in [3.8, 4) is 5.75 Å². The van der Waals surface area contributed by atoms with E-state index in [1.54, 1.807) is 0 Å². The summed E-state index contributed by atoms with van der Waals surface area (Å²) < 4.78 is 5.85. The lowest BCUT2D eigenvalue weighted by Gasteiger charge is -2.26. The van der Waals surface area contributed by atoms with E-state index in [9.17, 15) is 4.79 Å². The molecule has 1 heterocycles. The maximum absolute atomic E-state index is 12.4. The number of carbonyl (C=O) groups excluding carboxylic acids is 1. The van der Waals surface area contributed by atoms with E-state index < -0.39 is 0 Å². The van der Waals surface area contributed by atoms with E-state index in [-0.39, 0.29) is 5.91 Å². The van der Waals surface area contributed by atoms with Crippen LogP contribution < -0.4 is 15.4 Å². The Morgan fingerprint density at radius 3 is 2.50 bits per heavy atom. The zero-order valence-electron chi connectivity index (χ0n) is 17.5. The van der Waals surface area contributed by atoms with Gasteiger partial charge in [-0.2, -0.15) is 0 Å². The first kappa shape index (κ1) is 21.1. The van der Waals surface area contributed by atoms with Crippen LogP contribution in [0.5, 0.6) is 5.75 Å². The third kappa shape index (κ3) is 6.78. The van der Waals surface area contributed by atoms with Crippen molar-refractivity contribution in [2.45, 2.75) is 51.4 Å². The molecule has 1 aromatic rings. The first-order valence-corrected chi connectivity index (χ1v) is 11.1. The van der Waals surface area contributed by atoms with Crippen LogP contribution in [0.25, 0.3) is 0 Å². The number of likely N-dealkylation sites (tertiary alicyclic amines) is 1. The van der Waals surface area contributed by atoms with Crippen molar-refractivity contribution in [2.75, 3.05) is 46.4 Å². The van der Waals surface area contributed by atoms with Gasteiger partial charge in [0.05, 0.1) is 0 Å². The Hall–Kier alpha value is -1.59. The number of nitrogens with one attached hydrogen (secondary N) is 2. The van der Waals surface area contributed by atoms with Gasteiger partial charge in [0.15, 0.2) is 0 Å². The van der Waals surface area contributed by atoms with Crippen molar-refractivity contribution in [1.82, 2.24) is 15.5 Å². The van der Waals surface area contributed by atoms with Crippen LogP contribution in [0, 0.1) is 5.41 Å². The van der Waals surface area contributed by atoms with E-state index in [2.05, 4.69) is 15.5 Å². The maximum Gasteiger partial charge on any atom is 0.251 e. The van der Waals surface area contributed by atoms with E-state index >= 15 is 0 Å². The molecule has 1 aromatic carbocycles. The van der Waals surface area contributed by atoms with Crippen LogP contribution in [0.4, 0.5) is 0 Å². The van der Waals surface area contributed by atoms with Gasteiger partial charge in [-0.15, -0.1) is 0 Å². The van der Waals surface area contributed by atoms with Crippen LogP contribution in [0.2, 0.25) is 0 Å². The second-order valence-corrected chi connectivity index (χ2v) is 8.49. The fraction of sp³-hybridized carbons (Fsp3) is 0.696. The maximum atomic E-state index is 12.4. The van der Waals surface area contributed by atoms with Crippen LogP contribution >= 0.6 is 0 Å². The Kier molecular flexibility index (Phi) is 8.16. The molecule has 1 aliphatic heterocycles. The average molecular weight is 388 g/mol. The highest BCUT2D eigenvalue weighted by atomic mass is 16.5. The van der Waals surface area contributed by atoms with Gasteiger partial charge in [-0.25, -0.2) is 0 Å². The van der Waals surface area contributed by atoms with Gasteiger partial charge in [0.25, 0.3) is 5.91 Å². The van der Waals surface area contributed by atoms with Crippen LogP contribution in [0.15, 0.2) is 24.3 Å². The molecule has 0 aromatic heterocycles. The summed E-state index contributed by atoms with van der Waals surface area (Å²) in [5.41, 5.74) is 1.21. The quantitative estimate of drug-likeness (QED) is 0.540. The van der Waals surface area contributed by atoms with Crippen molar-refractivity contribution in [3.63, 3.8) is 0 Å². The minimum absolute atomic E-state index is 0.0193. The summed E-state index contributed by atoms with van der Waals surface area (Å²) >= 11 is 0. The summed E-state index contributed by atoms with van der Waals surface area (Å²) in [4.78, 5) is 14.8. The Labute approximate surface area is 170 Å². The number of hydrogen-bond donors (Lipinski definition) is 2. The van der Waals surface area contributed by atoms with Gasteiger partial charge in [-0.1, -0.05) is 6.42 Å². The summed E-state index contributed by atoms with van der Waals surface area (Å²) in [6, 6.07) is 7.55. The Balaban J connectivity index is 1.33. The molecular weight excluding hydrogens is 350 g/mol. The van der Waals surface area contributed by atoms with Gasteiger partial charge in [0.1, 0.15) is 12.4 Å². The third-order valence-corrected chi connectivity index (χ3v) is 6.27. The number of benzene rings is 1. The average Bonchev–Trinajstić information content (AvgIpc) is 3.49. The molecule has 3 rings (SSSR count). The molecular formula is C23H37N3O2. The minimum Gasteiger partial charge on any atom is -0.492 e. The van der Waals surface area contributed by atoms with Crippen molar-refractivity contribution in [2.24, 2.45) is 5.41 Å². The number of ether oxygens (including phenoxy) is 1. The molecule has 156 valence electrons. The SMILES string of the molecule is CNCCCC1(CCNC(=O)c2ccc(OCCN3CCCCC3)cc2)CC1. The molecule has 0 bridgehead atoms. The molecule has 1 saturated carbocycles. The monoisotopic (exact) mass is 387 g/mol. The largest absolute Gasteiger partial charge is 0.492 e. The van der Waals surface area contributed by atoms with E-state index in [0.29, 0.717) is 17.6 Å². The van der Waals surface area contributed by atoms with Gasteiger partial charge < -0.3 is 15.4 Å². The van der Waals surface area contributed by atoms with Crippen molar-refractivity contribution in [1.29, 1.82) is 0 Å². The lowest BCUT2D eigenvalue weighted by Crippen LogP contribution is -2.33. The fourth-order valence-corrected chi connectivity index (χ4v) is 4.16. The molecule has 2 aliphatic rings. The van der Waals surface area contributed by atoms with Crippen molar-refractivity contribution < 1.29 is 9.53 Å². The third-order valence-electron chi connectivity index (χ3n) is 6.27. The number of nitrogens with zero attached hydrogens (tertiary/aromatic N) is 1. The molecule has 28 heavy (non-hydrogen) atoms. The zero-order chi connectivity index (χ0) is 19.7. The van der Waals surface area contributed by atoms with Crippen molar-refractivity contribution >= 4 is 5.91 Å². The number of piperidine rings is 1. The molecule has 1 aliphatic carbocycles.